The van der Waals surface area contributed by atoms with Crippen LogP contribution in [0.25, 0.3) is 0 Å². The Kier molecular flexibility index (Phi) is 8.80. The van der Waals surface area contributed by atoms with Crippen LogP contribution in [0.5, 0.6) is 11.5 Å². The number of amides is 3. The lowest BCUT2D eigenvalue weighted by Gasteiger charge is -2.28. The number of hydrogen-bond acceptors (Lipinski definition) is 6. The zero-order valence-electron chi connectivity index (χ0n) is 20.6. The summed E-state index contributed by atoms with van der Waals surface area (Å²) >= 11 is 1.59. The van der Waals surface area contributed by atoms with Crippen molar-refractivity contribution in [2.75, 3.05) is 38.9 Å². The van der Waals surface area contributed by atoms with Crippen LogP contribution in [0.15, 0.2) is 60.0 Å². The van der Waals surface area contributed by atoms with Gasteiger partial charge in [0.1, 0.15) is 6.54 Å². The van der Waals surface area contributed by atoms with E-state index >= 15 is 0 Å². The summed E-state index contributed by atoms with van der Waals surface area (Å²) in [5.74, 6) is 1.21. The molecular formula is C27H31N3O5S. The van der Waals surface area contributed by atoms with Crippen LogP contribution >= 0.6 is 11.3 Å². The van der Waals surface area contributed by atoms with Gasteiger partial charge < -0.3 is 29.3 Å². The number of anilines is 1. The molecule has 36 heavy (non-hydrogen) atoms. The molecule has 3 aromatic rings. The molecule has 4 rings (SSSR count). The second-order valence-corrected chi connectivity index (χ2v) is 9.45. The van der Waals surface area contributed by atoms with E-state index < -0.39 is 0 Å². The van der Waals surface area contributed by atoms with Crippen molar-refractivity contribution < 1.29 is 23.8 Å². The van der Waals surface area contributed by atoms with Gasteiger partial charge in [0.25, 0.3) is 0 Å². The smallest absolute Gasteiger partial charge is 0.322 e. The van der Waals surface area contributed by atoms with Gasteiger partial charge in [-0.15, -0.1) is 11.3 Å². The van der Waals surface area contributed by atoms with Gasteiger partial charge in [0.15, 0.2) is 11.5 Å². The van der Waals surface area contributed by atoms with Crippen LogP contribution in [0, 0.1) is 0 Å². The minimum atomic E-state index is -0.340. The van der Waals surface area contributed by atoms with Crippen molar-refractivity contribution >= 4 is 29.0 Å². The highest BCUT2D eigenvalue weighted by Gasteiger charge is 2.23. The molecule has 0 atom stereocenters. The van der Waals surface area contributed by atoms with E-state index in [9.17, 15) is 9.59 Å². The Balaban J connectivity index is 1.49. The van der Waals surface area contributed by atoms with E-state index in [0.29, 0.717) is 43.4 Å². The van der Waals surface area contributed by atoms with Gasteiger partial charge in [0.2, 0.25) is 12.7 Å². The zero-order valence-corrected chi connectivity index (χ0v) is 21.4. The SMILES string of the molecule is CCc1cccc(NC(=O)N(CCOC)CC(=O)N(Cc2ccc3c(c2)OCO3)Cc2cccs2)c1. The number of carbonyl (C=O) groups excluding carboxylic acids is 2. The Labute approximate surface area is 215 Å². The molecule has 0 saturated carbocycles. The van der Waals surface area contributed by atoms with Gasteiger partial charge >= 0.3 is 6.03 Å². The third-order valence-corrected chi connectivity index (χ3v) is 6.72. The van der Waals surface area contributed by atoms with Crippen molar-refractivity contribution in [3.05, 3.63) is 76.0 Å². The van der Waals surface area contributed by atoms with Gasteiger partial charge in [0, 0.05) is 30.8 Å². The number of urea groups is 1. The number of methoxy groups -OCH3 is 1. The second-order valence-electron chi connectivity index (χ2n) is 8.42. The maximum Gasteiger partial charge on any atom is 0.322 e. The summed E-state index contributed by atoms with van der Waals surface area (Å²) in [5.41, 5.74) is 2.75. The highest BCUT2D eigenvalue weighted by molar-refractivity contribution is 7.09. The number of rotatable bonds is 11. The van der Waals surface area contributed by atoms with Crippen LogP contribution < -0.4 is 14.8 Å². The highest BCUT2D eigenvalue weighted by Crippen LogP contribution is 2.33. The number of fused-ring (bicyclic) bond motifs is 1. The largest absolute Gasteiger partial charge is 0.454 e. The fraction of sp³-hybridized carbons (Fsp3) is 0.333. The molecule has 0 saturated heterocycles. The molecule has 8 nitrogen and oxygen atoms in total. The molecule has 2 heterocycles. The molecule has 2 aromatic carbocycles. The molecule has 9 heteroatoms. The van der Waals surface area contributed by atoms with Crippen molar-refractivity contribution in [3.63, 3.8) is 0 Å². The summed E-state index contributed by atoms with van der Waals surface area (Å²) in [7, 11) is 1.57. The van der Waals surface area contributed by atoms with Crippen LogP contribution in [0.1, 0.15) is 22.9 Å². The summed E-state index contributed by atoms with van der Waals surface area (Å²) in [6.07, 6.45) is 0.868. The molecule has 0 fully saturated rings. The Morgan fingerprint density at radius 2 is 1.86 bits per heavy atom. The normalized spacial score (nSPS) is 11.8. The number of thiophene rings is 1. The van der Waals surface area contributed by atoms with E-state index in [0.717, 1.165) is 22.4 Å². The Hall–Kier alpha value is -3.56. The van der Waals surface area contributed by atoms with Crippen LogP contribution in [-0.2, 0) is 29.0 Å². The first-order valence-corrected chi connectivity index (χ1v) is 12.8. The summed E-state index contributed by atoms with van der Waals surface area (Å²) in [4.78, 5) is 31.0. The zero-order chi connectivity index (χ0) is 25.3. The number of hydrogen-bond donors (Lipinski definition) is 1. The highest BCUT2D eigenvalue weighted by atomic mass is 32.1. The van der Waals surface area contributed by atoms with Crippen molar-refractivity contribution in [2.24, 2.45) is 0 Å². The van der Waals surface area contributed by atoms with Gasteiger partial charge in [-0.1, -0.05) is 31.2 Å². The standard InChI is InChI=1S/C27H31N3O5S/c1-3-20-6-4-7-22(14-20)28-27(32)29(11-12-33-2)18-26(31)30(17-23-8-5-13-36-23)16-21-9-10-24-25(15-21)35-19-34-24/h4-10,13-15H,3,11-12,16-19H2,1-2H3,(H,28,32). The molecule has 1 aromatic heterocycles. The number of benzene rings is 2. The fourth-order valence-electron chi connectivity index (χ4n) is 3.87. The quantitative estimate of drug-likeness (QED) is 0.404. The van der Waals surface area contributed by atoms with Crippen LogP contribution in [0.2, 0.25) is 0 Å². The van der Waals surface area contributed by atoms with E-state index in [1.165, 1.54) is 4.90 Å². The topological polar surface area (TPSA) is 80.3 Å². The maximum atomic E-state index is 13.6. The monoisotopic (exact) mass is 509 g/mol. The Morgan fingerprint density at radius 1 is 1.00 bits per heavy atom. The third-order valence-electron chi connectivity index (χ3n) is 5.86. The van der Waals surface area contributed by atoms with Crippen LogP contribution in [0.3, 0.4) is 0 Å². The minimum absolute atomic E-state index is 0.0708. The first kappa shape index (κ1) is 25.5. The first-order valence-electron chi connectivity index (χ1n) is 11.9. The molecule has 3 amide bonds. The predicted molar refractivity (Wildman–Crippen MR) is 139 cm³/mol. The van der Waals surface area contributed by atoms with E-state index in [4.69, 9.17) is 14.2 Å². The molecule has 0 aliphatic carbocycles. The van der Waals surface area contributed by atoms with Gasteiger partial charge in [-0.2, -0.15) is 0 Å². The summed E-state index contributed by atoms with van der Waals surface area (Å²) in [5, 5.41) is 4.91. The third kappa shape index (κ3) is 6.77. The van der Waals surface area contributed by atoms with E-state index in [2.05, 4.69) is 12.2 Å². The summed E-state index contributed by atoms with van der Waals surface area (Å²) < 4.78 is 16.1. The van der Waals surface area contributed by atoms with Gasteiger partial charge in [-0.05, 0) is 53.3 Å². The molecule has 0 unspecified atom stereocenters. The first-order chi connectivity index (χ1) is 17.6. The average Bonchev–Trinajstić information content (AvgIpc) is 3.58. The lowest BCUT2D eigenvalue weighted by molar-refractivity contribution is -0.133. The Morgan fingerprint density at radius 3 is 2.64 bits per heavy atom. The lowest BCUT2D eigenvalue weighted by atomic mass is 10.1. The predicted octanol–water partition coefficient (Wildman–Crippen LogP) is 4.75. The molecule has 1 aliphatic heterocycles. The molecule has 1 N–H and O–H groups in total. The molecule has 0 radical (unpaired) electrons. The van der Waals surface area contributed by atoms with Crippen molar-refractivity contribution in [3.8, 4) is 11.5 Å². The van der Waals surface area contributed by atoms with E-state index in [1.807, 2.05) is 60.0 Å². The minimum Gasteiger partial charge on any atom is -0.454 e. The number of nitrogens with zero attached hydrogens (tertiary/aromatic N) is 2. The lowest BCUT2D eigenvalue weighted by Crippen LogP contribution is -2.45. The second kappa shape index (κ2) is 12.4. The van der Waals surface area contributed by atoms with Crippen LogP contribution in [-0.4, -0.2) is 55.3 Å². The van der Waals surface area contributed by atoms with E-state index in [-0.39, 0.29) is 25.3 Å². The fourth-order valence-corrected chi connectivity index (χ4v) is 4.59. The molecule has 0 spiro atoms. The number of carbonyl (C=O) groups is 2. The van der Waals surface area contributed by atoms with Gasteiger partial charge in [0.05, 0.1) is 13.2 Å². The number of ether oxygens (including phenoxy) is 3. The molecule has 0 bridgehead atoms. The van der Waals surface area contributed by atoms with Crippen molar-refractivity contribution in [1.29, 1.82) is 0 Å². The Bertz CT molecular complexity index is 1170. The average molecular weight is 510 g/mol. The molecule has 1 aliphatic rings. The van der Waals surface area contributed by atoms with E-state index in [1.54, 1.807) is 23.3 Å². The number of aryl methyl sites for hydroxylation is 1. The van der Waals surface area contributed by atoms with Crippen molar-refractivity contribution in [2.45, 2.75) is 26.4 Å². The van der Waals surface area contributed by atoms with Crippen LogP contribution in [0.4, 0.5) is 10.5 Å². The summed E-state index contributed by atoms with van der Waals surface area (Å²) in [6.45, 7) is 3.63. The molecule has 190 valence electrons. The maximum absolute atomic E-state index is 13.6. The van der Waals surface area contributed by atoms with Crippen molar-refractivity contribution in [1.82, 2.24) is 9.80 Å². The summed E-state index contributed by atoms with van der Waals surface area (Å²) in [6, 6.07) is 17.0. The van der Waals surface area contributed by atoms with Gasteiger partial charge in [-0.25, -0.2) is 4.79 Å². The number of nitrogens with one attached hydrogen (secondary N) is 1. The molecular weight excluding hydrogens is 478 g/mol. The van der Waals surface area contributed by atoms with Gasteiger partial charge in [-0.3, -0.25) is 4.79 Å².